The van der Waals surface area contributed by atoms with Crippen LogP contribution in [0.25, 0.3) is 0 Å². The molecule has 1 aromatic carbocycles. The summed E-state index contributed by atoms with van der Waals surface area (Å²) in [7, 11) is 1.34. The molecule has 3 rings (SSSR count). The fourth-order valence-electron chi connectivity index (χ4n) is 3.13. The summed E-state index contributed by atoms with van der Waals surface area (Å²) in [5.41, 5.74) is 0.212. The van der Waals surface area contributed by atoms with Gasteiger partial charge in [-0.15, -0.1) is 0 Å². The van der Waals surface area contributed by atoms with Crippen LogP contribution in [0.1, 0.15) is 40.2 Å². The van der Waals surface area contributed by atoms with E-state index >= 15 is 0 Å². The van der Waals surface area contributed by atoms with Gasteiger partial charge in [0.15, 0.2) is 0 Å². The lowest BCUT2D eigenvalue weighted by atomic mass is 10.1. The van der Waals surface area contributed by atoms with E-state index in [9.17, 15) is 18.4 Å². The van der Waals surface area contributed by atoms with Crippen molar-refractivity contribution in [3.8, 4) is 0 Å². The number of anilines is 2. The first kappa shape index (κ1) is 24.5. The van der Waals surface area contributed by atoms with Gasteiger partial charge in [0.25, 0.3) is 0 Å². The third-order valence-corrected chi connectivity index (χ3v) is 4.71. The van der Waals surface area contributed by atoms with Gasteiger partial charge in [-0.3, -0.25) is 14.7 Å². The molecule has 2 amide bonds. The lowest BCUT2D eigenvalue weighted by Gasteiger charge is -2.30. The maximum Gasteiger partial charge on any atom is 0.415 e. The third kappa shape index (κ3) is 5.31. The van der Waals surface area contributed by atoms with E-state index < -0.39 is 35.3 Å². The molecule has 0 radical (unpaired) electrons. The summed E-state index contributed by atoms with van der Waals surface area (Å²) in [4.78, 5) is 32.3. The Morgan fingerprint density at radius 3 is 2.48 bits per heavy atom. The van der Waals surface area contributed by atoms with Gasteiger partial charge < -0.3 is 9.64 Å². The number of ether oxygens (including phenoxy) is 1. The van der Waals surface area contributed by atoms with E-state index in [-0.39, 0.29) is 17.1 Å². The highest BCUT2D eigenvalue weighted by Gasteiger charge is 2.42. The van der Waals surface area contributed by atoms with Gasteiger partial charge in [0.1, 0.15) is 23.3 Å². The number of benzene rings is 1. The van der Waals surface area contributed by atoms with Gasteiger partial charge in [-0.1, -0.05) is 25.4 Å². The van der Waals surface area contributed by atoms with Crippen LogP contribution in [0.5, 0.6) is 0 Å². The number of aromatic nitrogens is 1. The highest BCUT2D eigenvalue weighted by Crippen LogP contribution is 2.35. The summed E-state index contributed by atoms with van der Waals surface area (Å²) in [5.74, 6) is -2.44. The second-order valence-corrected chi connectivity index (χ2v) is 8.10. The molecule has 1 aliphatic rings. The van der Waals surface area contributed by atoms with Crippen molar-refractivity contribution >= 4 is 35.0 Å². The predicted molar refractivity (Wildman–Crippen MR) is 117 cm³/mol. The van der Waals surface area contributed by atoms with Crippen molar-refractivity contribution in [2.75, 3.05) is 16.8 Å². The molecular formula is C22H26ClF2N3O3. The molecule has 31 heavy (non-hydrogen) atoms. The summed E-state index contributed by atoms with van der Waals surface area (Å²) in [6, 6.07) is 2.28. The van der Waals surface area contributed by atoms with E-state index in [0.717, 1.165) is 11.0 Å². The molecule has 2 aromatic rings. The van der Waals surface area contributed by atoms with Crippen LogP contribution >= 0.6 is 11.6 Å². The predicted octanol–water partition coefficient (Wildman–Crippen LogP) is 5.37. The Morgan fingerprint density at radius 2 is 1.87 bits per heavy atom. The van der Waals surface area contributed by atoms with Crippen LogP contribution in [0, 0.1) is 11.6 Å². The highest BCUT2D eigenvalue weighted by molar-refractivity contribution is 6.31. The second-order valence-electron chi connectivity index (χ2n) is 7.69. The van der Waals surface area contributed by atoms with E-state index in [4.69, 9.17) is 16.3 Å². The lowest BCUT2D eigenvalue weighted by molar-refractivity contribution is -0.119. The quantitative estimate of drug-likeness (QED) is 0.573. The van der Waals surface area contributed by atoms with Gasteiger partial charge in [-0.2, -0.15) is 0 Å². The maximum atomic E-state index is 14.3. The van der Waals surface area contributed by atoms with E-state index in [1.54, 1.807) is 33.0 Å². The Balaban J connectivity index is 0.00000166. The monoisotopic (exact) mass is 453 g/mol. The largest absolute Gasteiger partial charge is 0.443 e. The summed E-state index contributed by atoms with van der Waals surface area (Å²) in [6.45, 7) is 9.15. The fourth-order valence-corrected chi connectivity index (χ4v) is 3.28. The first-order chi connectivity index (χ1) is 14.5. The Hall–Kier alpha value is -2.74. The first-order valence-corrected chi connectivity index (χ1v) is 10.2. The molecule has 1 unspecified atom stereocenters. The van der Waals surface area contributed by atoms with E-state index in [1.807, 2.05) is 13.8 Å². The van der Waals surface area contributed by atoms with E-state index in [2.05, 4.69) is 4.98 Å². The van der Waals surface area contributed by atoms with Gasteiger partial charge in [-0.05, 0) is 38.5 Å². The number of amides is 2. The zero-order valence-corrected chi connectivity index (χ0v) is 19.1. The number of hydrogen-bond acceptors (Lipinski definition) is 4. The van der Waals surface area contributed by atoms with Gasteiger partial charge in [0.05, 0.1) is 16.4 Å². The number of halogens is 3. The number of fused-ring (bicyclic) bond motifs is 1. The number of hydrogen-bond donors (Lipinski definition) is 0. The minimum atomic E-state index is -0.975. The van der Waals surface area contributed by atoms with E-state index in [0.29, 0.717) is 17.3 Å². The molecule has 168 valence electrons. The van der Waals surface area contributed by atoms with Crippen LogP contribution in [0.2, 0.25) is 5.02 Å². The summed E-state index contributed by atoms with van der Waals surface area (Å²) < 4.78 is 33.2. The average molecular weight is 454 g/mol. The number of carbonyl (C=O) groups is 2. The molecule has 0 aliphatic carbocycles. The van der Waals surface area contributed by atoms with Gasteiger partial charge >= 0.3 is 6.09 Å². The Bertz CT molecular complexity index is 979. The van der Waals surface area contributed by atoms with Crippen molar-refractivity contribution in [2.45, 2.75) is 52.7 Å². The molecule has 1 atom stereocenters. The molecule has 2 heterocycles. The molecule has 0 bridgehead atoms. The zero-order valence-electron chi connectivity index (χ0n) is 18.4. The first-order valence-electron chi connectivity index (χ1n) is 9.87. The van der Waals surface area contributed by atoms with Crippen LogP contribution in [0.3, 0.4) is 0 Å². The van der Waals surface area contributed by atoms with E-state index in [1.165, 1.54) is 18.1 Å². The average Bonchev–Trinajstić information content (AvgIpc) is 3.09. The molecular weight excluding hydrogens is 428 g/mol. The van der Waals surface area contributed by atoms with Crippen LogP contribution in [0.15, 0.2) is 30.6 Å². The van der Waals surface area contributed by atoms with Crippen LogP contribution in [-0.2, 0) is 16.0 Å². The topological polar surface area (TPSA) is 62.7 Å². The molecule has 0 saturated heterocycles. The molecule has 1 aliphatic heterocycles. The van der Waals surface area contributed by atoms with Crippen molar-refractivity contribution in [3.63, 3.8) is 0 Å². The number of pyridine rings is 1. The third-order valence-electron chi connectivity index (χ3n) is 4.42. The Labute approximate surface area is 185 Å². The van der Waals surface area contributed by atoms with Crippen molar-refractivity contribution < 1.29 is 23.1 Å². The van der Waals surface area contributed by atoms with Gasteiger partial charge in [-0.25, -0.2) is 13.6 Å². The molecule has 0 fully saturated rings. The SMILES string of the molecule is CC.CN(C(=O)C1Cc2cnccc2N1C(=O)OC(C)(C)C)c1cc(Cl)c(F)cc1F. The summed E-state index contributed by atoms with van der Waals surface area (Å²) in [6.07, 6.45) is 2.55. The molecule has 0 spiro atoms. The van der Waals surface area contributed by atoms with Crippen LogP contribution in [0.4, 0.5) is 25.0 Å². The lowest BCUT2D eigenvalue weighted by Crippen LogP contribution is -2.50. The standard InChI is InChI=1S/C20H20ClF2N3O3.C2H6/c1-20(2,3)29-19(28)26-15-5-6-24-10-11(15)7-17(26)18(27)25(4)16-8-12(21)13(22)9-14(16)23;1-2/h5-6,8-10,17H,7H2,1-4H3;1-2H3. The van der Waals surface area contributed by atoms with Gasteiger partial charge in [0.2, 0.25) is 5.91 Å². The maximum absolute atomic E-state index is 14.3. The van der Waals surface area contributed by atoms with Gasteiger partial charge in [0, 0.05) is 31.9 Å². The number of nitrogens with zero attached hydrogens (tertiary/aromatic N) is 3. The smallest absolute Gasteiger partial charge is 0.415 e. The summed E-state index contributed by atoms with van der Waals surface area (Å²) in [5, 5.41) is -0.316. The van der Waals surface area contributed by atoms with Crippen molar-refractivity contribution in [1.29, 1.82) is 0 Å². The highest BCUT2D eigenvalue weighted by atomic mass is 35.5. The number of rotatable bonds is 2. The zero-order chi connectivity index (χ0) is 23.5. The second kappa shape index (κ2) is 9.60. The molecule has 0 saturated carbocycles. The van der Waals surface area contributed by atoms with Crippen molar-refractivity contribution in [1.82, 2.24) is 4.98 Å². The molecule has 9 heteroatoms. The minimum Gasteiger partial charge on any atom is -0.443 e. The number of likely N-dealkylation sites (N-methyl/N-ethyl adjacent to an activating group) is 1. The van der Waals surface area contributed by atoms with Crippen LogP contribution in [-0.4, -0.2) is 35.7 Å². The van der Waals surface area contributed by atoms with Crippen LogP contribution < -0.4 is 9.80 Å². The normalized spacial score (nSPS) is 15.0. The summed E-state index contributed by atoms with van der Waals surface area (Å²) >= 11 is 5.75. The molecule has 6 nitrogen and oxygen atoms in total. The van der Waals surface area contributed by atoms with Crippen molar-refractivity contribution in [2.24, 2.45) is 0 Å². The Kier molecular flexibility index (Phi) is 7.59. The Morgan fingerprint density at radius 1 is 1.23 bits per heavy atom. The molecule has 0 N–H and O–H groups in total. The fraction of sp³-hybridized carbons (Fsp3) is 0.409. The molecule has 1 aromatic heterocycles. The number of carbonyl (C=O) groups excluding carboxylic acids is 2. The minimum absolute atomic E-state index is 0.183. The van der Waals surface area contributed by atoms with Crippen molar-refractivity contribution in [3.05, 3.63) is 52.8 Å².